The zero-order chi connectivity index (χ0) is 26.6. The number of nitrogen functional groups attached to an aromatic ring is 1. The molecule has 1 aromatic heterocycles. The maximum Gasteiger partial charge on any atom is 0.291 e. The van der Waals surface area contributed by atoms with Crippen molar-refractivity contribution in [3.8, 4) is 5.88 Å². The number of fused-ring (bicyclic) bond motifs is 1. The molecule has 2 heterocycles. The van der Waals surface area contributed by atoms with Gasteiger partial charge >= 0.3 is 0 Å². The number of aromatic nitrogens is 2. The number of carbonyl (C=O) groups is 1. The van der Waals surface area contributed by atoms with Crippen LogP contribution in [0.3, 0.4) is 0 Å². The lowest BCUT2D eigenvalue weighted by Gasteiger charge is -2.39. The number of rotatable bonds is 6. The Morgan fingerprint density at radius 1 is 0.923 bits per heavy atom. The van der Waals surface area contributed by atoms with E-state index in [-0.39, 0.29) is 17.6 Å². The molecule has 1 saturated heterocycles. The molecule has 8 nitrogen and oxygen atoms in total. The SMILES string of the molecule is Nc1cc(ON(C(=O)c2cccc3ccccc23)c2ccc(C3CCC(N4CCOCC4)CC3)cc2)ncn1. The Morgan fingerprint density at radius 3 is 2.44 bits per heavy atom. The maximum atomic E-state index is 13.9. The lowest BCUT2D eigenvalue weighted by Crippen LogP contribution is -2.44. The summed E-state index contributed by atoms with van der Waals surface area (Å²) in [5.41, 5.74) is 8.31. The summed E-state index contributed by atoms with van der Waals surface area (Å²) in [6.07, 6.45) is 6.06. The molecule has 6 rings (SSSR count). The van der Waals surface area contributed by atoms with Crippen molar-refractivity contribution in [3.05, 3.63) is 90.3 Å². The van der Waals surface area contributed by atoms with Gasteiger partial charge < -0.3 is 15.3 Å². The second-order valence-electron chi connectivity index (χ2n) is 10.2. The van der Waals surface area contributed by atoms with Crippen LogP contribution in [0.2, 0.25) is 0 Å². The van der Waals surface area contributed by atoms with E-state index < -0.39 is 0 Å². The van der Waals surface area contributed by atoms with Crippen LogP contribution in [0.1, 0.15) is 47.5 Å². The second kappa shape index (κ2) is 11.4. The van der Waals surface area contributed by atoms with E-state index in [1.807, 2.05) is 54.6 Å². The van der Waals surface area contributed by atoms with Gasteiger partial charge in [-0.2, -0.15) is 4.98 Å². The Labute approximate surface area is 228 Å². The molecule has 1 aliphatic heterocycles. The number of amides is 1. The number of benzene rings is 3. The standard InChI is InChI=1S/C31H33N5O3/c32-29-20-30(34-21-33-29)39-36(31(37)28-7-3-5-24-4-1-2-6-27(24)28)26-14-10-23(11-15-26)22-8-12-25(13-9-22)35-16-18-38-19-17-35/h1-7,10-11,14-15,20-22,25H,8-9,12-13,16-19H2,(H2,32,33,34). The number of hydroxylamine groups is 1. The molecule has 0 radical (unpaired) electrons. The molecule has 1 aliphatic carbocycles. The fourth-order valence-electron chi connectivity index (χ4n) is 5.83. The third-order valence-electron chi connectivity index (χ3n) is 7.91. The Bertz CT molecular complexity index is 1420. The minimum atomic E-state index is -0.289. The first-order valence-corrected chi connectivity index (χ1v) is 13.7. The molecule has 4 aromatic rings. The Hall–Kier alpha value is -4.01. The van der Waals surface area contributed by atoms with Crippen molar-refractivity contribution < 1.29 is 14.4 Å². The monoisotopic (exact) mass is 523 g/mol. The summed E-state index contributed by atoms with van der Waals surface area (Å²) in [6.45, 7) is 3.78. The molecule has 1 saturated carbocycles. The van der Waals surface area contributed by atoms with Crippen LogP contribution in [0.25, 0.3) is 10.8 Å². The maximum absolute atomic E-state index is 13.9. The average Bonchev–Trinajstić information content (AvgIpc) is 3.00. The summed E-state index contributed by atoms with van der Waals surface area (Å²) in [4.78, 5) is 30.7. The molecule has 2 N–H and O–H groups in total. The van der Waals surface area contributed by atoms with Gasteiger partial charge in [0.1, 0.15) is 12.1 Å². The Kier molecular flexibility index (Phi) is 7.38. The molecule has 200 valence electrons. The van der Waals surface area contributed by atoms with E-state index in [1.165, 1.54) is 35.9 Å². The van der Waals surface area contributed by atoms with E-state index in [4.69, 9.17) is 15.3 Å². The highest BCUT2D eigenvalue weighted by molar-refractivity contribution is 6.13. The lowest BCUT2D eigenvalue weighted by molar-refractivity contribution is 0.00730. The number of anilines is 2. The van der Waals surface area contributed by atoms with Crippen LogP contribution in [-0.2, 0) is 4.74 Å². The van der Waals surface area contributed by atoms with Gasteiger partial charge in [0.15, 0.2) is 0 Å². The van der Waals surface area contributed by atoms with Gasteiger partial charge in [-0.25, -0.2) is 4.98 Å². The zero-order valence-electron chi connectivity index (χ0n) is 21.9. The molecule has 0 spiro atoms. The summed E-state index contributed by atoms with van der Waals surface area (Å²) >= 11 is 0. The summed E-state index contributed by atoms with van der Waals surface area (Å²) in [5.74, 6) is 0.686. The third kappa shape index (κ3) is 5.57. The van der Waals surface area contributed by atoms with Crippen molar-refractivity contribution in [2.24, 2.45) is 0 Å². The third-order valence-corrected chi connectivity index (χ3v) is 7.91. The number of nitrogens with zero attached hydrogens (tertiary/aromatic N) is 4. The number of hydrogen-bond acceptors (Lipinski definition) is 7. The molecule has 0 unspecified atom stereocenters. The van der Waals surface area contributed by atoms with Gasteiger partial charge in [-0.3, -0.25) is 9.69 Å². The van der Waals surface area contributed by atoms with Gasteiger partial charge in [0.05, 0.1) is 24.5 Å². The molecule has 0 bridgehead atoms. The van der Waals surface area contributed by atoms with Crippen LogP contribution < -0.4 is 15.6 Å². The predicted molar refractivity (Wildman–Crippen MR) is 152 cm³/mol. The van der Waals surface area contributed by atoms with Gasteiger partial charge in [0.2, 0.25) is 0 Å². The van der Waals surface area contributed by atoms with Crippen LogP contribution in [-0.4, -0.2) is 53.1 Å². The quantitative estimate of drug-likeness (QED) is 0.347. The highest BCUT2D eigenvalue weighted by atomic mass is 16.7. The van der Waals surface area contributed by atoms with Crippen LogP contribution in [0.15, 0.2) is 79.1 Å². The molecule has 3 aromatic carbocycles. The fourth-order valence-corrected chi connectivity index (χ4v) is 5.83. The van der Waals surface area contributed by atoms with Crippen molar-refractivity contribution in [3.63, 3.8) is 0 Å². The van der Waals surface area contributed by atoms with E-state index in [1.54, 1.807) is 0 Å². The van der Waals surface area contributed by atoms with E-state index in [9.17, 15) is 4.79 Å². The average molecular weight is 524 g/mol. The van der Waals surface area contributed by atoms with E-state index >= 15 is 0 Å². The highest BCUT2D eigenvalue weighted by Crippen LogP contribution is 2.36. The van der Waals surface area contributed by atoms with Gasteiger partial charge in [-0.15, -0.1) is 5.06 Å². The van der Waals surface area contributed by atoms with Gasteiger partial charge in [0, 0.05) is 25.2 Å². The second-order valence-corrected chi connectivity index (χ2v) is 10.2. The number of ether oxygens (including phenoxy) is 1. The number of nitrogens with two attached hydrogens (primary N) is 1. The number of morpholine rings is 1. The Morgan fingerprint density at radius 2 is 1.67 bits per heavy atom. The summed E-state index contributed by atoms with van der Waals surface area (Å²) in [6, 6.07) is 23.8. The molecule has 0 atom stereocenters. The topological polar surface area (TPSA) is 93.8 Å². The van der Waals surface area contributed by atoms with Crippen molar-refractivity contribution in [2.75, 3.05) is 37.1 Å². The molecule has 2 aliphatic rings. The van der Waals surface area contributed by atoms with E-state index in [0.29, 0.717) is 23.2 Å². The summed E-state index contributed by atoms with van der Waals surface area (Å²) < 4.78 is 5.53. The van der Waals surface area contributed by atoms with Gasteiger partial charge in [-0.05, 0) is 66.1 Å². The minimum Gasteiger partial charge on any atom is -0.383 e. The van der Waals surface area contributed by atoms with Crippen LogP contribution in [0.5, 0.6) is 5.88 Å². The number of hydrogen-bond donors (Lipinski definition) is 1. The van der Waals surface area contributed by atoms with Crippen molar-refractivity contribution in [1.29, 1.82) is 0 Å². The first-order valence-electron chi connectivity index (χ1n) is 13.7. The van der Waals surface area contributed by atoms with Gasteiger partial charge in [0.25, 0.3) is 11.8 Å². The first-order chi connectivity index (χ1) is 19.2. The summed E-state index contributed by atoms with van der Waals surface area (Å²) in [5, 5.41) is 3.13. The van der Waals surface area contributed by atoms with Crippen molar-refractivity contribution >= 4 is 28.2 Å². The van der Waals surface area contributed by atoms with Gasteiger partial charge in [-0.1, -0.05) is 48.5 Å². The fraction of sp³-hybridized carbons (Fsp3) is 0.323. The smallest absolute Gasteiger partial charge is 0.291 e. The molecular weight excluding hydrogens is 490 g/mol. The molecular formula is C31H33N5O3. The van der Waals surface area contributed by atoms with Crippen LogP contribution in [0, 0.1) is 0 Å². The lowest BCUT2D eigenvalue weighted by atomic mass is 9.81. The normalized spacial score (nSPS) is 20.0. The highest BCUT2D eigenvalue weighted by Gasteiger charge is 2.28. The van der Waals surface area contributed by atoms with Crippen molar-refractivity contribution in [2.45, 2.75) is 37.6 Å². The van der Waals surface area contributed by atoms with Crippen LogP contribution >= 0.6 is 0 Å². The summed E-state index contributed by atoms with van der Waals surface area (Å²) in [7, 11) is 0. The minimum absolute atomic E-state index is 0.196. The molecule has 1 amide bonds. The Balaban J connectivity index is 1.24. The molecule has 2 fully saturated rings. The zero-order valence-corrected chi connectivity index (χ0v) is 21.9. The number of carbonyl (C=O) groups excluding carboxylic acids is 1. The molecule has 8 heteroatoms. The van der Waals surface area contributed by atoms with E-state index in [2.05, 4.69) is 27.0 Å². The van der Waals surface area contributed by atoms with E-state index in [0.717, 1.165) is 49.9 Å². The molecule has 39 heavy (non-hydrogen) atoms. The van der Waals surface area contributed by atoms with Crippen molar-refractivity contribution in [1.82, 2.24) is 14.9 Å². The first kappa shape index (κ1) is 25.3. The van der Waals surface area contributed by atoms with Crippen LogP contribution in [0.4, 0.5) is 11.5 Å². The largest absolute Gasteiger partial charge is 0.383 e. The predicted octanol–water partition coefficient (Wildman–Crippen LogP) is 5.21.